The number of allylic oxidation sites excluding steroid dienone is 1. The molecule has 1 aliphatic carbocycles. The lowest BCUT2D eigenvalue weighted by Gasteiger charge is -2.20. The number of aliphatic hydroxyl groups is 1. The number of carboxylic acids is 1. The Labute approximate surface area is 71.7 Å². The van der Waals surface area contributed by atoms with Crippen molar-refractivity contribution in [2.45, 2.75) is 37.7 Å². The van der Waals surface area contributed by atoms with Gasteiger partial charge in [-0.1, -0.05) is 12.2 Å². The molecule has 0 bridgehead atoms. The molecule has 12 heavy (non-hydrogen) atoms. The molecule has 1 aliphatic rings. The van der Waals surface area contributed by atoms with E-state index >= 15 is 0 Å². The van der Waals surface area contributed by atoms with E-state index < -0.39 is 11.6 Å². The molecule has 0 spiro atoms. The first-order chi connectivity index (χ1) is 5.62. The number of aliphatic carboxylic acids is 1. The minimum absolute atomic E-state index is 0.177. The van der Waals surface area contributed by atoms with Gasteiger partial charge in [0.05, 0.1) is 12.0 Å². The molecule has 1 rings (SSSR count). The highest BCUT2D eigenvalue weighted by atomic mass is 16.4. The lowest BCUT2D eigenvalue weighted by molar-refractivity contribution is -0.141. The predicted octanol–water partition coefficient (Wildman–Crippen LogP) is 1.32. The lowest BCUT2D eigenvalue weighted by atomic mass is 9.94. The summed E-state index contributed by atoms with van der Waals surface area (Å²) in [5, 5.41) is 18.3. The molecule has 3 heteroatoms. The maximum absolute atomic E-state index is 10.4. The quantitative estimate of drug-likeness (QED) is 0.614. The Morgan fingerprint density at radius 1 is 1.50 bits per heavy atom. The van der Waals surface area contributed by atoms with Crippen LogP contribution in [0.3, 0.4) is 0 Å². The summed E-state index contributed by atoms with van der Waals surface area (Å²) in [6.45, 7) is 0. The van der Waals surface area contributed by atoms with Crippen LogP contribution in [-0.4, -0.2) is 21.8 Å². The van der Waals surface area contributed by atoms with Gasteiger partial charge in [0.2, 0.25) is 0 Å². The van der Waals surface area contributed by atoms with Gasteiger partial charge in [0, 0.05) is 0 Å². The first kappa shape index (κ1) is 9.26. The maximum Gasteiger partial charge on any atom is 0.306 e. The van der Waals surface area contributed by atoms with Crippen molar-refractivity contribution < 1.29 is 15.0 Å². The normalized spacial score (nSPS) is 29.8. The second-order valence-electron chi connectivity index (χ2n) is 3.32. The molecule has 0 saturated carbocycles. The molecular formula is C9H14O3. The van der Waals surface area contributed by atoms with E-state index in [2.05, 4.69) is 0 Å². The van der Waals surface area contributed by atoms with Crippen LogP contribution in [0, 0.1) is 0 Å². The molecule has 3 nitrogen and oxygen atoms in total. The summed E-state index contributed by atoms with van der Waals surface area (Å²) >= 11 is 0. The highest BCUT2D eigenvalue weighted by Crippen LogP contribution is 2.24. The van der Waals surface area contributed by atoms with Gasteiger partial charge in [-0.2, -0.15) is 0 Å². The van der Waals surface area contributed by atoms with Gasteiger partial charge in [-0.3, -0.25) is 4.79 Å². The van der Waals surface area contributed by atoms with Crippen LogP contribution in [0.2, 0.25) is 0 Å². The fourth-order valence-electron chi connectivity index (χ4n) is 1.49. The van der Waals surface area contributed by atoms with Crippen molar-refractivity contribution in [3.05, 3.63) is 12.2 Å². The molecule has 68 valence electrons. The number of carbonyl (C=O) groups is 1. The van der Waals surface area contributed by atoms with Gasteiger partial charge in [0.1, 0.15) is 0 Å². The fraction of sp³-hybridized carbons (Fsp3) is 0.667. The Morgan fingerprint density at radius 3 is 2.92 bits per heavy atom. The summed E-state index contributed by atoms with van der Waals surface area (Å²) in [5.41, 5.74) is -1.09. The molecule has 0 aromatic carbocycles. The smallest absolute Gasteiger partial charge is 0.306 e. The highest BCUT2D eigenvalue weighted by molar-refractivity contribution is 5.68. The molecule has 0 heterocycles. The van der Waals surface area contributed by atoms with Crippen molar-refractivity contribution in [3.8, 4) is 0 Å². The van der Waals surface area contributed by atoms with Crippen molar-refractivity contribution in [1.82, 2.24) is 0 Å². The third kappa shape index (κ3) is 2.66. The minimum Gasteiger partial charge on any atom is -0.481 e. The third-order valence-corrected chi connectivity index (χ3v) is 2.12. The minimum atomic E-state index is -1.09. The van der Waals surface area contributed by atoms with Gasteiger partial charge >= 0.3 is 5.97 Å². The first-order valence-corrected chi connectivity index (χ1v) is 4.24. The molecule has 2 N–H and O–H groups in total. The van der Waals surface area contributed by atoms with Crippen LogP contribution < -0.4 is 0 Å². The Balaban J connectivity index is 2.60. The summed E-state index contributed by atoms with van der Waals surface area (Å²) in [6.07, 6.45) is 6.78. The molecule has 1 atom stereocenters. The van der Waals surface area contributed by atoms with Crippen LogP contribution in [-0.2, 0) is 4.79 Å². The van der Waals surface area contributed by atoms with E-state index in [0.717, 1.165) is 19.3 Å². The standard InChI is InChI=1S/C9H14O3/c10-8(11)7-9(12)5-3-1-2-4-6-9/h3,5,12H,1-2,4,6-7H2,(H,10,11). The molecule has 0 aromatic heterocycles. The molecule has 0 aliphatic heterocycles. The number of carboxylic acid groups (broad SMARTS) is 1. The van der Waals surface area contributed by atoms with E-state index in [9.17, 15) is 9.90 Å². The second-order valence-corrected chi connectivity index (χ2v) is 3.32. The van der Waals surface area contributed by atoms with Crippen LogP contribution in [0.5, 0.6) is 0 Å². The molecule has 0 fully saturated rings. The molecule has 1 unspecified atom stereocenters. The zero-order chi connectivity index (χ0) is 9.03. The summed E-state index contributed by atoms with van der Waals surface area (Å²) < 4.78 is 0. The zero-order valence-corrected chi connectivity index (χ0v) is 6.99. The van der Waals surface area contributed by atoms with E-state index in [1.54, 1.807) is 6.08 Å². The fourth-order valence-corrected chi connectivity index (χ4v) is 1.49. The van der Waals surface area contributed by atoms with Crippen LogP contribution in [0.4, 0.5) is 0 Å². The van der Waals surface area contributed by atoms with E-state index in [-0.39, 0.29) is 6.42 Å². The van der Waals surface area contributed by atoms with Crippen molar-refractivity contribution >= 4 is 5.97 Å². The Morgan fingerprint density at radius 2 is 2.25 bits per heavy atom. The highest BCUT2D eigenvalue weighted by Gasteiger charge is 2.27. The SMILES string of the molecule is O=C(O)CC1(O)C=CCCCC1. The maximum atomic E-state index is 10.4. The third-order valence-electron chi connectivity index (χ3n) is 2.12. The Bertz CT molecular complexity index is 198. The molecule has 0 aromatic rings. The van der Waals surface area contributed by atoms with E-state index in [1.165, 1.54) is 0 Å². The van der Waals surface area contributed by atoms with Gasteiger partial charge < -0.3 is 10.2 Å². The van der Waals surface area contributed by atoms with Gasteiger partial charge in [-0.25, -0.2) is 0 Å². The summed E-state index contributed by atoms with van der Waals surface area (Å²) in [6, 6.07) is 0. The van der Waals surface area contributed by atoms with Crippen LogP contribution >= 0.6 is 0 Å². The van der Waals surface area contributed by atoms with Crippen molar-refractivity contribution in [3.63, 3.8) is 0 Å². The van der Waals surface area contributed by atoms with Crippen molar-refractivity contribution in [2.75, 3.05) is 0 Å². The van der Waals surface area contributed by atoms with Gasteiger partial charge in [0.25, 0.3) is 0 Å². The van der Waals surface area contributed by atoms with Gasteiger partial charge in [-0.15, -0.1) is 0 Å². The Hall–Kier alpha value is -0.830. The predicted molar refractivity (Wildman–Crippen MR) is 44.8 cm³/mol. The van der Waals surface area contributed by atoms with Gasteiger partial charge in [0.15, 0.2) is 0 Å². The second kappa shape index (κ2) is 3.72. The molecule has 0 saturated heterocycles. The van der Waals surface area contributed by atoms with Crippen LogP contribution in [0.1, 0.15) is 32.1 Å². The summed E-state index contributed by atoms with van der Waals surface area (Å²) in [4.78, 5) is 10.4. The van der Waals surface area contributed by atoms with E-state index in [4.69, 9.17) is 5.11 Å². The lowest BCUT2D eigenvalue weighted by Crippen LogP contribution is -2.28. The molecule has 0 radical (unpaired) electrons. The van der Waals surface area contributed by atoms with Crippen molar-refractivity contribution in [2.24, 2.45) is 0 Å². The number of hydrogen-bond acceptors (Lipinski definition) is 2. The number of hydrogen-bond donors (Lipinski definition) is 2. The molecule has 0 amide bonds. The Kier molecular flexibility index (Phi) is 2.87. The summed E-state index contributed by atoms with van der Waals surface area (Å²) in [7, 11) is 0. The zero-order valence-electron chi connectivity index (χ0n) is 6.99. The number of rotatable bonds is 2. The van der Waals surface area contributed by atoms with Gasteiger partial charge in [-0.05, 0) is 25.7 Å². The van der Waals surface area contributed by atoms with Crippen LogP contribution in [0.15, 0.2) is 12.2 Å². The monoisotopic (exact) mass is 170 g/mol. The van der Waals surface area contributed by atoms with E-state index in [0.29, 0.717) is 6.42 Å². The van der Waals surface area contributed by atoms with Crippen molar-refractivity contribution in [1.29, 1.82) is 0 Å². The van der Waals surface area contributed by atoms with E-state index in [1.807, 2.05) is 6.08 Å². The average molecular weight is 170 g/mol. The summed E-state index contributed by atoms with van der Waals surface area (Å²) in [5.74, 6) is -0.941. The topological polar surface area (TPSA) is 57.5 Å². The first-order valence-electron chi connectivity index (χ1n) is 4.24. The largest absolute Gasteiger partial charge is 0.481 e. The van der Waals surface area contributed by atoms with Crippen LogP contribution in [0.25, 0.3) is 0 Å². The average Bonchev–Trinajstić information content (AvgIpc) is 2.12. The molecular weight excluding hydrogens is 156 g/mol.